The lowest BCUT2D eigenvalue weighted by Crippen LogP contribution is -2.27. The predicted molar refractivity (Wildman–Crippen MR) is 99.5 cm³/mol. The molecule has 0 aliphatic carbocycles. The molecule has 0 radical (unpaired) electrons. The first-order chi connectivity index (χ1) is 12.1. The second-order valence-corrected chi connectivity index (χ2v) is 6.21. The minimum atomic E-state index is -0.160. The van der Waals surface area contributed by atoms with Crippen LogP contribution in [0.25, 0.3) is 0 Å². The standard InChI is InChI=1S/C18H20BrN3O3/c1-25-16-6-4-13(11-15(16)19)5-7-17(23)21-10-8-18(24)22-14-3-2-9-20-12-14/h2-4,6,9,11-12H,5,7-8,10H2,1H3,(H,21,23)(H,22,24). The number of nitrogens with one attached hydrogen (secondary N) is 2. The van der Waals surface area contributed by atoms with Crippen molar-refractivity contribution < 1.29 is 14.3 Å². The maximum absolute atomic E-state index is 11.9. The van der Waals surface area contributed by atoms with Crippen molar-refractivity contribution in [2.24, 2.45) is 0 Å². The van der Waals surface area contributed by atoms with Gasteiger partial charge in [0.25, 0.3) is 0 Å². The van der Waals surface area contributed by atoms with Crippen LogP contribution in [-0.4, -0.2) is 30.5 Å². The van der Waals surface area contributed by atoms with E-state index in [-0.39, 0.29) is 18.2 Å². The van der Waals surface area contributed by atoms with Crippen molar-refractivity contribution in [1.29, 1.82) is 0 Å². The lowest BCUT2D eigenvalue weighted by molar-refractivity contribution is -0.121. The molecule has 0 bridgehead atoms. The number of carbonyl (C=O) groups excluding carboxylic acids is 2. The molecule has 1 aromatic heterocycles. The number of benzene rings is 1. The number of rotatable bonds is 8. The number of aromatic nitrogens is 1. The van der Waals surface area contributed by atoms with E-state index in [1.165, 1.54) is 0 Å². The maximum Gasteiger partial charge on any atom is 0.226 e. The summed E-state index contributed by atoms with van der Waals surface area (Å²) in [7, 11) is 1.61. The molecule has 2 amide bonds. The van der Waals surface area contributed by atoms with Crippen LogP contribution in [0, 0.1) is 0 Å². The number of hydrogen-bond donors (Lipinski definition) is 2. The minimum Gasteiger partial charge on any atom is -0.496 e. The van der Waals surface area contributed by atoms with Crippen molar-refractivity contribution in [3.63, 3.8) is 0 Å². The summed E-state index contributed by atoms with van der Waals surface area (Å²) >= 11 is 3.42. The Bertz CT molecular complexity index is 723. The Morgan fingerprint density at radius 1 is 1.20 bits per heavy atom. The lowest BCUT2D eigenvalue weighted by atomic mass is 10.1. The number of amides is 2. The molecule has 6 nitrogen and oxygen atoms in total. The molecule has 2 aromatic rings. The molecular weight excluding hydrogens is 386 g/mol. The van der Waals surface area contributed by atoms with Crippen molar-refractivity contribution in [2.45, 2.75) is 19.3 Å². The molecule has 25 heavy (non-hydrogen) atoms. The monoisotopic (exact) mass is 405 g/mol. The molecular formula is C18H20BrN3O3. The minimum absolute atomic E-state index is 0.0823. The third-order valence-corrected chi connectivity index (χ3v) is 4.10. The molecule has 0 spiro atoms. The molecule has 0 unspecified atom stereocenters. The summed E-state index contributed by atoms with van der Waals surface area (Å²) in [6, 6.07) is 9.23. The van der Waals surface area contributed by atoms with E-state index in [0.29, 0.717) is 25.1 Å². The second-order valence-electron chi connectivity index (χ2n) is 5.36. The van der Waals surface area contributed by atoms with Crippen molar-refractivity contribution in [1.82, 2.24) is 10.3 Å². The van der Waals surface area contributed by atoms with Gasteiger partial charge in [0.05, 0.1) is 23.5 Å². The zero-order chi connectivity index (χ0) is 18.1. The van der Waals surface area contributed by atoms with E-state index >= 15 is 0 Å². The van der Waals surface area contributed by atoms with Crippen LogP contribution in [0.3, 0.4) is 0 Å². The quantitative estimate of drug-likeness (QED) is 0.707. The summed E-state index contributed by atoms with van der Waals surface area (Å²) in [6.07, 6.45) is 4.41. The van der Waals surface area contributed by atoms with Gasteiger partial charge in [-0.1, -0.05) is 6.07 Å². The van der Waals surface area contributed by atoms with Crippen molar-refractivity contribution in [2.75, 3.05) is 19.0 Å². The van der Waals surface area contributed by atoms with Crippen LogP contribution in [0.5, 0.6) is 5.75 Å². The summed E-state index contributed by atoms with van der Waals surface area (Å²) in [5, 5.41) is 5.48. The molecule has 1 heterocycles. The number of aryl methyl sites for hydroxylation is 1. The molecule has 0 saturated heterocycles. The Kier molecular flexibility index (Phi) is 7.40. The van der Waals surface area contributed by atoms with E-state index in [1.54, 1.807) is 31.6 Å². The molecule has 1 aromatic carbocycles. The van der Waals surface area contributed by atoms with Crippen LogP contribution in [0.4, 0.5) is 5.69 Å². The van der Waals surface area contributed by atoms with Crippen molar-refractivity contribution in [3.05, 3.63) is 52.8 Å². The molecule has 0 saturated carbocycles. The Morgan fingerprint density at radius 2 is 2.04 bits per heavy atom. The Labute approximate surface area is 155 Å². The maximum atomic E-state index is 11.9. The molecule has 0 aliphatic rings. The van der Waals surface area contributed by atoms with E-state index in [4.69, 9.17) is 4.74 Å². The normalized spacial score (nSPS) is 10.2. The highest BCUT2D eigenvalue weighted by Gasteiger charge is 2.07. The Balaban J connectivity index is 1.67. The van der Waals surface area contributed by atoms with Crippen LogP contribution in [-0.2, 0) is 16.0 Å². The molecule has 2 N–H and O–H groups in total. The molecule has 0 atom stereocenters. The largest absolute Gasteiger partial charge is 0.496 e. The Morgan fingerprint density at radius 3 is 2.72 bits per heavy atom. The molecule has 0 fully saturated rings. The summed E-state index contributed by atoms with van der Waals surface area (Å²) < 4.78 is 6.04. The van der Waals surface area contributed by atoms with Gasteiger partial charge < -0.3 is 15.4 Å². The van der Waals surface area contributed by atoms with Crippen LogP contribution in [0.15, 0.2) is 47.2 Å². The fourth-order valence-corrected chi connectivity index (χ4v) is 2.78. The summed E-state index contributed by atoms with van der Waals surface area (Å²) in [4.78, 5) is 27.6. The fourth-order valence-electron chi connectivity index (χ4n) is 2.19. The Hall–Kier alpha value is -2.41. The summed E-state index contributed by atoms with van der Waals surface area (Å²) in [6.45, 7) is 0.303. The number of nitrogens with zero attached hydrogens (tertiary/aromatic N) is 1. The second kappa shape index (κ2) is 9.78. The predicted octanol–water partition coefficient (Wildman–Crippen LogP) is 2.93. The van der Waals surface area contributed by atoms with Crippen molar-refractivity contribution >= 4 is 33.4 Å². The highest BCUT2D eigenvalue weighted by molar-refractivity contribution is 9.10. The highest BCUT2D eigenvalue weighted by atomic mass is 79.9. The topological polar surface area (TPSA) is 80.3 Å². The number of methoxy groups -OCH3 is 1. The molecule has 0 aliphatic heterocycles. The molecule has 132 valence electrons. The number of anilines is 1. The van der Waals surface area contributed by atoms with Gasteiger partial charge in [-0.2, -0.15) is 0 Å². The SMILES string of the molecule is COc1ccc(CCC(=O)NCCC(=O)Nc2cccnc2)cc1Br. The van der Waals surface area contributed by atoms with Gasteiger partial charge in [-0.3, -0.25) is 14.6 Å². The van der Waals surface area contributed by atoms with Gasteiger partial charge in [0.15, 0.2) is 0 Å². The van der Waals surface area contributed by atoms with E-state index in [9.17, 15) is 9.59 Å². The zero-order valence-electron chi connectivity index (χ0n) is 13.9. The molecule has 7 heteroatoms. The van der Waals surface area contributed by atoms with E-state index in [0.717, 1.165) is 15.8 Å². The van der Waals surface area contributed by atoms with Gasteiger partial charge in [-0.25, -0.2) is 0 Å². The highest BCUT2D eigenvalue weighted by Crippen LogP contribution is 2.25. The van der Waals surface area contributed by atoms with Gasteiger partial charge in [0.2, 0.25) is 11.8 Å². The number of carbonyl (C=O) groups is 2. The number of halogens is 1. The van der Waals surface area contributed by atoms with Crippen LogP contribution >= 0.6 is 15.9 Å². The lowest BCUT2D eigenvalue weighted by Gasteiger charge is -2.08. The van der Waals surface area contributed by atoms with Gasteiger partial charge in [-0.05, 0) is 52.2 Å². The van der Waals surface area contributed by atoms with Crippen LogP contribution < -0.4 is 15.4 Å². The van der Waals surface area contributed by atoms with Crippen LogP contribution in [0.1, 0.15) is 18.4 Å². The zero-order valence-corrected chi connectivity index (χ0v) is 15.5. The average Bonchev–Trinajstić information content (AvgIpc) is 2.61. The van der Waals surface area contributed by atoms with Gasteiger partial charge in [-0.15, -0.1) is 0 Å². The number of hydrogen-bond acceptors (Lipinski definition) is 4. The third kappa shape index (κ3) is 6.54. The summed E-state index contributed by atoms with van der Waals surface area (Å²) in [5.41, 5.74) is 1.68. The fraction of sp³-hybridized carbons (Fsp3) is 0.278. The van der Waals surface area contributed by atoms with Gasteiger partial charge in [0, 0.05) is 25.6 Å². The third-order valence-electron chi connectivity index (χ3n) is 3.48. The van der Waals surface area contributed by atoms with Crippen LogP contribution in [0.2, 0.25) is 0 Å². The van der Waals surface area contributed by atoms with Gasteiger partial charge >= 0.3 is 0 Å². The summed E-state index contributed by atoms with van der Waals surface area (Å²) in [5.74, 6) is 0.515. The van der Waals surface area contributed by atoms with E-state index in [2.05, 4.69) is 31.5 Å². The first-order valence-corrected chi connectivity index (χ1v) is 8.67. The van der Waals surface area contributed by atoms with Gasteiger partial charge in [0.1, 0.15) is 5.75 Å². The number of ether oxygens (including phenoxy) is 1. The first-order valence-electron chi connectivity index (χ1n) is 7.87. The number of pyridine rings is 1. The van der Waals surface area contributed by atoms with Crippen molar-refractivity contribution in [3.8, 4) is 5.75 Å². The average molecular weight is 406 g/mol. The van der Waals surface area contributed by atoms with E-state index in [1.807, 2.05) is 18.2 Å². The van der Waals surface area contributed by atoms with E-state index < -0.39 is 0 Å². The first kappa shape index (κ1) is 18.9. The smallest absolute Gasteiger partial charge is 0.226 e. The molecule has 2 rings (SSSR count).